The third-order valence-electron chi connectivity index (χ3n) is 6.22. The van der Waals surface area contributed by atoms with Crippen LogP contribution >= 0.6 is 11.6 Å². The number of halogens is 1. The van der Waals surface area contributed by atoms with Crippen LogP contribution in [0, 0.1) is 0 Å². The summed E-state index contributed by atoms with van der Waals surface area (Å²) < 4.78 is 0. The summed E-state index contributed by atoms with van der Waals surface area (Å²) in [6.45, 7) is 0. The lowest BCUT2D eigenvalue weighted by molar-refractivity contribution is 0.108. The maximum Gasteiger partial charge on any atom is 0.252 e. The normalized spacial score (nSPS) is 14.3. The predicted octanol–water partition coefficient (Wildman–Crippen LogP) is 6.41. The summed E-state index contributed by atoms with van der Waals surface area (Å²) in [6.07, 6.45) is 0. The van der Waals surface area contributed by atoms with Crippen molar-refractivity contribution in [2.75, 3.05) is 0 Å². The molecule has 2 heteroatoms. The van der Waals surface area contributed by atoms with E-state index in [0.29, 0.717) is 5.56 Å². The van der Waals surface area contributed by atoms with E-state index in [2.05, 4.69) is 72.8 Å². The zero-order valence-corrected chi connectivity index (χ0v) is 15.7. The van der Waals surface area contributed by atoms with Crippen LogP contribution in [0.25, 0.3) is 22.3 Å². The third-order valence-corrected chi connectivity index (χ3v) is 6.44. The van der Waals surface area contributed by atoms with Crippen LogP contribution in [0.1, 0.15) is 32.6 Å². The lowest BCUT2D eigenvalue weighted by Gasteiger charge is -2.30. The average molecular weight is 379 g/mol. The summed E-state index contributed by atoms with van der Waals surface area (Å²) in [5, 5.41) is -0.423. The quantitative estimate of drug-likeness (QED) is 0.302. The standard InChI is InChI=1S/C26H15ClO/c27-25(28)16-13-14-20-19-9-3-6-12-23(19)26(24(20)15-16)21-10-4-1-7-17(21)18-8-2-5-11-22(18)26/h1-15H. The first kappa shape index (κ1) is 15.9. The highest BCUT2D eigenvalue weighted by Gasteiger charge is 2.51. The summed E-state index contributed by atoms with van der Waals surface area (Å²) in [6, 6.07) is 31.6. The van der Waals surface area contributed by atoms with Crippen molar-refractivity contribution in [3.8, 4) is 22.3 Å². The second kappa shape index (κ2) is 5.43. The minimum Gasteiger partial charge on any atom is -0.276 e. The Morgan fingerprint density at radius 3 is 1.46 bits per heavy atom. The molecule has 0 aromatic heterocycles. The molecule has 4 aromatic rings. The van der Waals surface area contributed by atoms with Crippen LogP contribution in [0.5, 0.6) is 0 Å². The Kier molecular flexibility index (Phi) is 3.08. The molecule has 0 unspecified atom stereocenters. The van der Waals surface area contributed by atoms with E-state index in [1.807, 2.05) is 18.2 Å². The fourth-order valence-corrected chi connectivity index (χ4v) is 5.33. The van der Waals surface area contributed by atoms with Crippen molar-refractivity contribution in [1.29, 1.82) is 0 Å². The van der Waals surface area contributed by atoms with Gasteiger partial charge in [0.1, 0.15) is 0 Å². The summed E-state index contributed by atoms with van der Waals surface area (Å²) in [4.78, 5) is 12.0. The van der Waals surface area contributed by atoms with Crippen molar-refractivity contribution in [1.82, 2.24) is 0 Å². The molecule has 28 heavy (non-hydrogen) atoms. The van der Waals surface area contributed by atoms with Gasteiger partial charge in [-0.1, -0.05) is 78.9 Å². The SMILES string of the molecule is O=C(Cl)c1ccc2c(c1)C1(c3ccccc3-c3ccccc31)c1ccccc1-2. The van der Waals surface area contributed by atoms with E-state index in [4.69, 9.17) is 11.6 Å². The second-order valence-electron chi connectivity index (χ2n) is 7.42. The van der Waals surface area contributed by atoms with Crippen LogP contribution in [0.15, 0.2) is 91.0 Å². The van der Waals surface area contributed by atoms with Gasteiger partial charge in [0, 0.05) is 5.56 Å². The molecule has 0 heterocycles. The molecule has 0 saturated carbocycles. The topological polar surface area (TPSA) is 17.1 Å². The second-order valence-corrected chi connectivity index (χ2v) is 7.76. The van der Waals surface area contributed by atoms with Crippen LogP contribution in [0.4, 0.5) is 0 Å². The number of carbonyl (C=O) groups is 1. The van der Waals surface area contributed by atoms with Crippen molar-refractivity contribution in [3.05, 3.63) is 119 Å². The molecule has 0 atom stereocenters. The molecule has 0 fully saturated rings. The Labute approximate surface area is 168 Å². The number of rotatable bonds is 1. The number of carbonyl (C=O) groups excluding carboxylic acids is 1. The van der Waals surface area contributed by atoms with Crippen LogP contribution < -0.4 is 0 Å². The van der Waals surface area contributed by atoms with E-state index < -0.39 is 10.7 Å². The predicted molar refractivity (Wildman–Crippen MR) is 113 cm³/mol. The molecule has 6 rings (SSSR count). The Hall–Kier alpha value is -3.16. The average Bonchev–Trinajstić information content (AvgIpc) is 3.21. The van der Waals surface area contributed by atoms with Gasteiger partial charge in [-0.05, 0) is 68.2 Å². The minimum atomic E-state index is -0.423. The van der Waals surface area contributed by atoms with E-state index in [9.17, 15) is 4.79 Å². The first-order valence-electron chi connectivity index (χ1n) is 9.36. The summed E-state index contributed by atoms with van der Waals surface area (Å²) in [5.41, 5.74) is 9.95. The van der Waals surface area contributed by atoms with Crippen molar-refractivity contribution in [2.45, 2.75) is 5.41 Å². The van der Waals surface area contributed by atoms with E-state index in [-0.39, 0.29) is 0 Å². The zero-order chi connectivity index (χ0) is 18.9. The highest BCUT2D eigenvalue weighted by atomic mass is 35.5. The lowest BCUT2D eigenvalue weighted by atomic mass is 9.70. The van der Waals surface area contributed by atoms with Gasteiger partial charge in [0.25, 0.3) is 5.24 Å². The molecule has 132 valence electrons. The van der Waals surface area contributed by atoms with Gasteiger partial charge in [0.05, 0.1) is 5.41 Å². The van der Waals surface area contributed by atoms with Crippen LogP contribution in [-0.2, 0) is 5.41 Å². The maximum atomic E-state index is 12.0. The Morgan fingerprint density at radius 2 is 1.00 bits per heavy atom. The molecule has 0 amide bonds. The first-order valence-corrected chi connectivity index (χ1v) is 9.74. The number of benzene rings is 4. The minimum absolute atomic E-state index is 0.415. The molecular weight excluding hydrogens is 364 g/mol. The van der Waals surface area contributed by atoms with Gasteiger partial charge >= 0.3 is 0 Å². The third kappa shape index (κ3) is 1.75. The molecule has 0 aliphatic heterocycles. The highest BCUT2D eigenvalue weighted by molar-refractivity contribution is 6.67. The largest absolute Gasteiger partial charge is 0.276 e. The summed E-state index contributed by atoms with van der Waals surface area (Å²) >= 11 is 5.87. The van der Waals surface area contributed by atoms with E-state index >= 15 is 0 Å². The first-order chi connectivity index (χ1) is 13.7. The van der Waals surface area contributed by atoms with Crippen molar-refractivity contribution >= 4 is 16.8 Å². The van der Waals surface area contributed by atoms with Crippen molar-refractivity contribution in [2.24, 2.45) is 0 Å². The summed E-state index contributed by atoms with van der Waals surface area (Å²) in [5.74, 6) is 0. The molecule has 0 radical (unpaired) electrons. The van der Waals surface area contributed by atoms with Gasteiger partial charge < -0.3 is 0 Å². The molecule has 0 saturated heterocycles. The molecular formula is C26H15ClO. The molecule has 1 nitrogen and oxygen atoms in total. The van der Waals surface area contributed by atoms with Gasteiger partial charge in [0.15, 0.2) is 0 Å². The van der Waals surface area contributed by atoms with Gasteiger partial charge in [-0.15, -0.1) is 0 Å². The number of hydrogen-bond acceptors (Lipinski definition) is 1. The fourth-order valence-electron chi connectivity index (χ4n) is 5.22. The van der Waals surface area contributed by atoms with E-state index in [1.54, 1.807) is 0 Å². The smallest absolute Gasteiger partial charge is 0.252 e. The number of fused-ring (bicyclic) bond motifs is 10. The molecule has 2 aliphatic carbocycles. The molecule has 0 bridgehead atoms. The van der Waals surface area contributed by atoms with Crippen LogP contribution in [0.3, 0.4) is 0 Å². The Morgan fingerprint density at radius 1 is 0.571 bits per heavy atom. The van der Waals surface area contributed by atoms with Gasteiger partial charge in [-0.3, -0.25) is 4.79 Å². The molecule has 2 aliphatic rings. The van der Waals surface area contributed by atoms with Crippen molar-refractivity contribution < 1.29 is 4.79 Å². The van der Waals surface area contributed by atoms with E-state index in [1.165, 1.54) is 38.9 Å². The Balaban J connectivity index is 1.85. The summed E-state index contributed by atoms with van der Waals surface area (Å²) in [7, 11) is 0. The molecule has 4 aromatic carbocycles. The Bertz CT molecular complexity index is 1240. The maximum absolute atomic E-state index is 12.0. The van der Waals surface area contributed by atoms with Crippen LogP contribution in [-0.4, -0.2) is 5.24 Å². The van der Waals surface area contributed by atoms with E-state index in [0.717, 1.165) is 5.56 Å². The van der Waals surface area contributed by atoms with Crippen molar-refractivity contribution in [3.63, 3.8) is 0 Å². The zero-order valence-electron chi connectivity index (χ0n) is 14.9. The van der Waals surface area contributed by atoms with Gasteiger partial charge in [-0.25, -0.2) is 0 Å². The highest BCUT2D eigenvalue weighted by Crippen LogP contribution is 2.62. The molecule has 0 N–H and O–H groups in total. The van der Waals surface area contributed by atoms with Gasteiger partial charge in [0.2, 0.25) is 0 Å². The van der Waals surface area contributed by atoms with Crippen LogP contribution in [0.2, 0.25) is 0 Å². The van der Waals surface area contributed by atoms with Gasteiger partial charge in [-0.2, -0.15) is 0 Å². The monoisotopic (exact) mass is 378 g/mol. The fraction of sp³-hybridized carbons (Fsp3) is 0.0385. The number of hydrogen-bond donors (Lipinski definition) is 0. The molecule has 1 spiro atoms. The lowest BCUT2D eigenvalue weighted by Crippen LogP contribution is -2.26.